The summed E-state index contributed by atoms with van der Waals surface area (Å²) in [5.74, 6) is 1.32. The van der Waals surface area contributed by atoms with Crippen LogP contribution in [0.15, 0.2) is 48.9 Å². The zero-order valence-electron chi connectivity index (χ0n) is 18.7. The van der Waals surface area contributed by atoms with E-state index in [4.69, 9.17) is 21.1 Å². The van der Waals surface area contributed by atoms with Crippen molar-refractivity contribution in [3.05, 3.63) is 65.0 Å². The molecule has 0 bridgehead atoms. The summed E-state index contributed by atoms with van der Waals surface area (Å²) in [5.41, 5.74) is 3.49. The van der Waals surface area contributed by atoms with Gasteiger partial charge in [-0.3, -0.25) is 0 Å². The van der Waals surface area contributed by atoms with Crippen molar-refractivity contribution >= 4 is 17.2 Å². The van der Waals surface area contributed by atoms with Crippen molar-refractivity contribution in [3.8, 4) is 0 Å². The first kappa shape index (κ1) is 23.0. The van der Waals surface area contributed by atoms with Crippen molar-refractivity contribution in [1.29, 1.82) is 0 Å². The molecule has 1 aromatic carbocycles. The number of hydrogen-bond donors (Lipinski definition) is 0. The van der Waals surface area contributed by atoms with Gasteiger partial charge in [-0.15, -0.1) is 0 Å². The lowest BCUT2D eigenvalue weighted by Crippen LogP contribution is -2.33. The van der Waals surface area contributed by atoms with Crippen LogP contribution in [0.5, 0.6) is 0 Å². The fourth-order valence-corrected chi connectivity index (χ4v) is 4.63. The van der Waals surface area contributed by atoms with Gasteiger partial charge in [0.15, 0.2) is 0 Å². The Morgan fingerprint density at radius 3 is 2.87 bits per heavy atom. The van der Waals surface area contributed by atoms with Crippen LogP contribution in [0.2, 0.25) is 5.02 Å². The van der Waals surface area contributed by atoms with Crippen LogP contribution in [0.25, 0.3) is 5.57 Å². The summed E-state index contributed by atoms with van der Waals surface area (Å²) < 4.78 is 12.3. The highest BCUT2D eigenvalue weighted by atomic mass is 35.5. The van der Waals surface area contributed by atoms with Gasteiger partial charge in [-0.25, -0.2) is 0 Å². The smallest absolute Gasteiger partial charge is 0.142 e. The fourth-order valence-electron chi connectivity index (χ4n) is 4.46. The van der Waals surface area contributed by atoms with E-state index < -0.39 is 0 Å². The number of allylic oxidation sites excluding steroid dienone is 3. The summed E-state index contributed by atoms with van der Waals surface area (Å²) in [6, 6.07) is 6.59. The molecule has 0 radical (unpaired) electrons. The lowest BCUT2D eigenvalue weighted by molar-refractivity contribution is -0.00147. The highest BCUT2D eigenvalue weighted by Crippen LogP contribution is 2.34. The van der Waals surface area contributed by atoms with Gasteiger partial charge in [0, 0.05) is 36.5 Å². The Balaban J connectivity index is 1.91. The van der Waals surface area contributed by atoms with Crippen molar-refractivity contribution in [2.45, 2.75) is 64.5 Å². The Morgan fingerprint density at radius 2 is 2.17 bits per heavy atom. The van der Waals surface area contributed by atoms with Crippen LogP contribution in [0.4, 0.5) is 0 Å². The van der Waals surface area contributed by atoms with Crippen molar-refractivity contribution in [2.24, 2.45) is 5.92 Å². The molecule has 0 aliphatic carbocycles. The summed E-state index contributed by atoms with van der Waals surface area (Å²) in [4.78, 5) is 2.31. The lowest BCUT2D eigenvalue weighted by atomic mass is 9.90. The largest absolute Gasteiger partial charge is 0.491 e. The van der Waals surface area contributed by atoms with E-state index in [0.29, 0.717) is 24.7 Å². The van der Waals surface area contributed by atoms with Crippen molar-refractivity contribution in [3.63, 3.8) is 0 Å². The van der Waals surface area contributed by atoms with Crippen LogP contribution in [0.1, 0.15) is 57.1 Å². The van der Waals surface area contributed by atoms with Gasteiger partial charge in [0.05, 0.1) is 12.7 Å². The van der Waals surface area contributed by atoms with Crippen LogP contribution in [0, 0.1) is 5.92 Å². The van der Waals surface area contributed by atoms with E-state index in [9.17, 15) is 0 Å². The first-order chi connectivity index (χ1) is 14.5. The standard InChI is InChI=1S/C26H36ClNO2/c1-5-9-24-25-15-21(27)12-11-20(25)14-19(3)18-30-26(24)17-28(4)22(6-2)16-23-10-7-8-13-29-23/h5,9,11-12,15,17,19,22-23H,1,6-8,10,13-14,16,18H2,2-4H3/b24-9?,26-17+. The fraction of sp³-hybridized carbons (Fsp3) is 0.538. The zero-order valence-corrected chi connectivity index (χ0v) is 19.5. The van der Waals surface area contributed by atoms with E-state index in [0.717, 1.165) is 47.8 Å². The Morgan fingerprint density at radius 1 is 1.33 bits per heavy atom. The summed E-state index contributed by atoms with van der Waals surface area (Å²) >= 11 is 6.37. The molecule has 3 nitrogen and oxygen atoms in total. The predicted molar refractivity (Wildman–Crippen MR) is 127 cm³/mol. The quantitative estimate of drug-likeness (QED) is 0.506. The van der Waals surface area contributed by atoms with Gasteiger partial charge in [0.25, 0.3) is 0 Å². The molecule has 3 atom stereocenters. The third-order valence-electron chi connectivity index (χ3n) is 6.18. The molecule has 164 valence electrons. The molecule has 1 aromatic rings. The molecule has 2 aliphatic rings. The molecule has 0 spiro atoms. The van der Waals surface area contributed by atoms with Gasteiger partial charge in [-0.2, -0.15) is 0 Å². The Kier molecular flexibility index (Phi) is 8.47. The number of halogens is 1. The van der Waals surface area contributed by atoms with Gasteiger partial charge < -0.3 is 14.4 Å². The molecular formula is C26H36ClNO2. The maximum Gasteiger partial charge on any atom is 0.142 e. The maximum atomic E-state index is 6.37. The van der Waals surface area contributed by atoms with Crippen LogP contribution in [-0.2, 0) is 15.9 Å². The number of benzene rings is 1. The minimum Gasteiger partial charge on any atom is -0.491 e. The topological polar surface area (TPSA) is 21.7 Å². The first-order valence-electron chi connectivity index (χ1n) is 11.3. The van der Waals surface area contributed by atoms with E-state index in [-0.39, 0.29) is 0 Å². The molecule has 0 aromatic heterocycles. The van der Waals surface area contributed by atoms with Gasteiger partial charge in [-0.1, -0.05) is 50.2 Å². The lowest BCUT2D eigenvalue weighted by Gasteiger charge is -2.33. The highest BCUT2D eigenvalue weighted by molar-refractivity contribution is 6.30. The van der Waals surface area contributed by atoms with Crippen LogP contribution >= 0.6 is 11.6 Å². The van der Waals surface area contributed by atoms with Gasteiger partial charge in [-0.05, 0) is 67.7 Å². The maximum absolute atomic E-state index is 6.37. The van der Waals surface area contributed by atoms with E-state index in [1.807, 2.05) is 18.2 Å². The molecule has 30 heavy (non-hydrogen) atoms. The van der Waals surface area contributed by atoms with Crippen molar-refractivity contribution in [1.82, 2.24) is 4.90 Å². The normalized spacial score (nSPS) is 25.7. The average molecular weight is 430 g/mol. The van der Waals surface area contributed by atoms with Gasteiger partial charge in [0.2, 0.25) is 0 Å². The first-order valence-corrected chi connectivity index (χ1v) is 11.7. The van der Waals surface area contributed by atoms with Crippen molar-refractivity contribution < 1.29 is 9.47 Å². The molecule has 2 aliphatic heterocycles. The molecule has 0 amide bonds. The van der Waals surface area contributed by atoms with Crippen molar-refractivity contribution in [2.75, 3.05) is 20.3 Å². The Bertz CT molecular complexity index is 779. The van der Waals surface area contributed by atoms with E-state index in [1.165, 1.54) is 24.8 Å². The minimum atomic E-state index is 0.366. The van der Waals surface area contributed by atoms with Gasteiger partial charge in [0.1, 0.15) is 5.76 Å². The monoisotopic (exact) mass is 429 g/mol. The second-order valence-corrected chi connectivity index (χ2v) is 9.12. The molecule has 3 rings (SSSR count). The van der Waals surface area contributed by atoms with Crippen LogP contribution < -0.4 is 0 Å². The molecule has 0 saturated carbocycles. The number of ether oxygens (including phenoxy) is 2. The van der Waals surface area contributed by atoms with E-state index in [2.05, 4.69) is 50.7 Å². The zero-order chi connectivity index (χ0) is 21.5. The summed E-state index contributed by atoms with van der Waals surface area (Å²) in [7, 11) is 2.15. The van der Waals surface area contributed by atoms with Crippen LogP contribution in [-0.4, -0.2) is 37.3 Å². The predicted octanol–water partition coefficient (Wildman–Crippen LogP) is 6.63. The molecular weight excluding hydrogens is 394 g/mol. The number of fused-ring (bicyclic) bond motifs is 1. The highest BCUT2D eigenvalue weighted by Gasteiger charge is 2.24. The molecule has 3 unspecified atom stereocenters. The second kappa shape index (κ2) is 11.1. The Labute approximate surface area is 187 Å². The van der Waals surface area contributed by atoms with E-state index in [1.54, 1.807) is 0 Å². The SMILES string of the molecule is C=CC=C1/C(=C\N(C)C(CC)CC2CCCCO2)OCC(C)Cc2ccc(Cl)cc21. The number of rotatable bonds is 6. The van der Waals surface area contributed by atoms with Crippen LogP contribution in [0.3, 0.4) is 0 Å². The number of hydrogen-bond acceptors (Lipinski definition) is 3. The second-order valence-electron chi connectivity index (χ2n) is 8.68. The molecule has 1 saturated heterocycles. The van der Waals surface area contributed by atoms with Gasteiger partial charge >= 0.3 is 0 Å². The summed E-state index contributed by atoms with van der Waals surface area (Å²) in [5, 5.41) is 0.741. The average Bonchev–Trinajstić information content (AvgIpc) is 2.74. The third kappa shape index (κ3) is 5.92. The summed E-state index contributed by atoms with van der Waals surface area (Å²) in [6.07, 6.45) is 13.1. The molecule has 0 N–H and O–H groups in total. The summed E-state index contributed by atoms with van der Waals surface area (Å²) in [6.45, 7) is 10.0. The molecule has 4 heteroatoms. The third-order valence-corrected chi connectivity index (χ3v) is 6.42. The minimum absolute atomic E-state index is 0.366. The Hall–Kier alpha value is -1.71. The molecule has 2 heterocycles. The number of nitrogens with zero attached hydrogens (tertiary/aromatic N) is 1. The van der Waals surface area contributed by atoms with E-state index >= 15 is 0 Å². The molecule has 1 fully saturated rings.